The van der Waals surface area contributed by atoms with Crippen LogP contribution in [0.1, 0.15) is 31.8 Å². The summed E-state index contributed by atoms with van der Waals surface area (Å²) in [7, 11) is 4.32. The van der Waals surface area contributed by atoms with Gasteiger partial charge in [0.05, 0.1) is 37.4 Å². The largest absolute Gasteiger partial charge is 0.493 e. The fourth-order valence-electron chi connectivity index (χ4n) is 3.72. The maximum Gasteiger partial charge on any atom is 0.343 e. The molecule has 0 saturated carbocycles. The number of benzene rings is 3. The van der Waals surface area contributed by atoms with Crippen molar-refractivity contribution in [3.63, 3.8) is 0 Å². The quantitative estimate of drug-likeness (QED) is 0.151. The number of carbonyl (C=O) groups is 2. The van der Waals surface area contributed by atoms with E-state index in [0.717, 1.165) is 0 Å². The number of rotatable bonds is 7. The number of hydrogen-bond donors (Lipinski definition) is 0. The summed E-state index contributed by atoms with van der Waals surface area (Å²) < 4.78 is 27.2. The fraction of sp³-hybridized carbons (Fsp3) is 0.154. The second kappa shape index (κ2) is 9.79. The Morgan fingerprint density at radius 2 is 1.67 bits per heavy atom. The molecule has 184 valence electrons. The first kappa shape index (κ1) is 24.3. The van der Waals surface area contributed by atoms with Crippen molar-refractivity contribution in [2.24, 2.45) is 0 Å². The molecule has 1 aliphatic rings. The van der Waals surface area contributed by atoms with Gasteiger partial charge in [0.2, 0.25) is 11.5 Å². The Morgan fingerprint density at radius 3 is 2.28 bits per heavy atom. The number of ketones is 1. The molecule has 0 spiro atoms. The lowest BCUT2D eigenvalue weighted by Gasteiger charge is -2.14. The number of non-ortho nitro benzene ring substituents is 1. The van der Waals surface area contributed by atoms with E-state index in [-0.39, 0.29) is 39.9 Å². The second-order valence-corrected chi connectivity index (χ2v) is 7.66. The smallest absolute Gasteiger partial charge is 0.343 e. The topological polar surface area (TPSA) is 123 Å². The molecular formula is C26H21NO9. The molecule has 0 radical (unpaired) electrons. The predicted octanol–water partition coefficient (Wildman–Crippen LogP) is 4.76. The fourth-order valence-corrected chi connectivity index (χ4v) is 3.72. The molecule has 1 heterocycles. The van der Waals surface area contributed by atoms with Gasteiger partial charge in [-0.2, -0.15) is 0 Å². The SMILES string of the molecule is COc1cc(C(=O)Oc2ccc3c(c2C)O/C(=C\c2cccc([N+](=O)[O-])c2)C3=O)cc(OC)c1OC. The van der Waals surface area contributed by atoms with E-state index in [1.165, 1.54) is 69.9 Å². The highest BCUT2D eigenvalue weighted by Gasteiger charge is 2.31. The highest BCUT2D eigenvalue weighted by atomic mass is 16.6. The van der Waals surface area contributed by atoms with Crippen molar-refractivity contribution in [2.75, 3.05) is 21.3 Å². The molecule has 36 heavy (non-hydrogen) atoms. The molecule has 3 aromatic rings. The molecule has 0 N–H and O–H groups in total. The van der Waals surface area contributed by atoms with Crippen LogP contribution in [0.4, 0.5) is 5.69 Å². The summed E-state index contributed by atoms with van der Waals surface area (Å²) in [4.78, 5) is 36.3. The van der Waals surface area contributed by atoms with Gasteiger partial charge in [0, 0.05) is 17.7 Å². The zero-order valence-electron chi connectivity index (χ0n) is 19.8. The Hall–Kier alpha value is -4.86. The Labute approximate surface area is 205 Å². The van der Waals surface area contributed by atoms with Crippen LogP contribution in [0.5, 0.6) is 28.7 Å². The van der Waals surface area contributed by atoms with E-state index < -0.39 is 10.9 Å². The van der Waals surface area contributed by atoms with E-state index in [9.17, 15) is 19.7 Å². The van der Waals surface area contributed by atoms with Gasteiger partial charge in [-0.3, -0.25) is 14.9 Å². The van der Waals surface area contributed by atoms with Gasteiger partial charge in [-0.1, -0.05) is 12.1 Å². The first-order valence-electron chi connectivity index (χ1n) is 10.6. The van der Waals surface area contributed by atoms with Crippen LogP contribution in [-0.2, 0) is 0 Å². The molecule has 1 aliphatic heterocycles. The Kier molecular flexibility index (Phi) is 6.60. The number of ether oxygens (including phenoxy) is 5. The molecule has 0 fully saturated rings. The first-order chi connectivity index (χ1) is 17.3. The van der Waals surface area contributed by atoms with Gasteiger partial charge in [0.1, 0.15) is 11.5 Å². The molecule has 0 amide bonds. The van der Waals surface area contributed by atoms with Crippen molar-refractivity contribution in [2.45, 2.75) is 6.92 Å². The average molecular weight is 491 g/mol. The predicted molar refractivity (Wildman–Crippen MR) is 128 cm³/mol. The molecule has 0 atom stereocenters. The summed E-state index contributed by atoms with van der Waals surface area (Å²) in [6.45, 7) is 1.65. The monoisotopic (exact) mass is 491 g/mol. The van der Waals surface area contributed by atoms with Gasteiger partial charge in [0.25, 0.3) is 5.69 Å². The number of nitro groups is 1. The maximum atomic E-state index is 12.9. The lowest BCUT2D eigenvalue weighted by atomic mass is 10.1. The number of carbonyl (C=O) groups excluding carboxylic acids is 2. The number of methoxy groups -OCH3 is 3. The Bertz CT molecular complexity index is 1400. The molecule has 10 heteroatoms. The van der Waals surface area contributed by atoms with Crippen molar-refractivity contribution in [1.82, 2.24) is 0 Å². The molecule has 0 unspecified atom stereocenters. The zero-order chi connectivity index (χ0) is 26.0. The summed E-state index contributed by atoms with van der Waals surface area (Å²) >= 11 is 0. The van der Waals surface area contributed by atoms with Crippen LogP contribution in [0.2, 0.25) is 0 Å². The van der Waals surface area contributed by atoms with E-state index in [0.29, 0.717) is 28.4 Å². The Morgan fingerprint density at radius 1 is 0.972 bits per heavy atom. The molecule has 10 nitrogen and oxygen atoms in total. The summed E-state index contributed by atoms with van der Waals surface area (Å²) in [5.74, 6) is 0.278. The van der Waals surface area contributed by atoms with Gasteiger partial charge >= 0.3 is 5.97 Å². The van der Waals surface area contributed by atoms with Crippen LogP contribution in [-0.4, -0.2) is 38.0 Å². The number of fused-ring (bicyclic) bond motifs is 1. The van der Waals surface area contributed by atoms with Crippen molar-refractivity contribution in [3.8, 4) is 28.7 Å². The molecule has 0 aliphatic carbocycles. The van der Waals surface area contributed by atoms with Crippen LogP contribution >= 0.6 is 0 Å². The summed E-state index contributed by atoms with van der Waals surface area (Å²) in [6.07, 6.45) is 1.43. The van der Waals surface area contributed by atoms with Crippen LogP contribution in [0.25, 0.3) is 6.08 Å². The lowest BCUT2D eigenvalue weighted by molar-refractivity contribution is -0.384. The normalized spacial score (nSPS) is 13.1. The van der Waals surface area contributed by atoms with Crippen LogP contribution in [0, 0.1) is 17.0 Å². The molecule has 0 saturated heterocycles. The zero-order valence-corrected chi connectivity index (χ0v) is 19.8. The number of esters is 1. The van der Waals surface area contributed by atoms with Crippen molar-refractivity contribution < 1.29 is 38.2 Å². The number of hydrogen-bond acceptors (Lipinski definition) is 9. The summed E-state index contributed by atoms with van der Waals surface area (Å²) in [5, 5.41) is 11.0. The third-order valence-electron chi connectivity index (χ3n) is 5.52. The van der Waals surface area contributed by atoms with Crippen LogP contribution < -0.4 is 23.7 Å². The van der Waals surface area contributed by atoms with E-state index in [1.807, 2.05) is 0 Å². The van der Waals surface area contributed by atoms with E-state index >= 15 is 0 Å². The van der Waals surface area contributed by atoms with Crippen molar-refractivity contribution >= 4 is 23.5 Å². The van der Waals surface area contributed by atoms with Crippen LogP contribution in [0.3, 0.4) is 0 Å². The molecule has 0 aromatic heterocycles. The minimum atomic E-state index is -0.686. The first-order valence-corrected chi connectivity index (χ1v) is 10.6. The molecular weight excluding hydrogens is 470 g/mol. The van der Waals surface area contributed by atoms with Crippen LogP contribution in [0.15, 0.2) is 54.3 Å². The summed E-state index contributed by atoms with van der Waals surface area (Å²) in [5.41, 5.74) is 1.21. The molecule has 3 aromatic carbocycles. The van der Waals surface area contributed by atoms with Gasteiger partial charge in [-0.25, -0.2) is 4.79 Å². The highest BCUT2D eigenvalue weighted by Crippen LogP contribution is 2.41. The minimum absolute atomic E-state index is 0.00158. The van der Waals surface area contributed by atoms with Gasteiger partial charge in [-0.05, 0) is 42.8 Å². The molecule has 0 bridgehead atoms. The van der Waals surface area contributed by atoms with Crippen molar-refractivity contribution in [3.05, 3.63) is 86.7 Å². The van der Waals surface area contributed by atoms with E-state index in [2.05, 4.69) is 0 Å². The number of nitrogens with zero attached hydrogens (tertiary/aromatic N) is 1. The number of allylic oxidation sites excluding steroid dienone is 1. The maximum absolute atomic E-state index is 12.9. The van der Waals surface area contributed by atoms with E-state index in [4.69, 9.17) is 23.7 Å². The Balaban J connectivity index is 1.62. The second-order valence-electron chi connectivity index (χ2n) is 7.66. The van der Waals surface area contributed by atoms with Gasteiger partial charge < -0.3 is 23.7 Å². The third-order valence-corrected chi connectivity index (χ3v) is 5.52. The minimum Gasteiger partial charge on any atom is -0.493 e. The standard InChI is InChI=1S/C26H21NO9/c1-14-19(36-26(29)16-12-21(32-2)25(34-4)22(13-16)33-3)9-8-18-23(28)20(35-24(14)18)11-15-6-5-7-17(10-15)27(30)31/h5-13H,1-4H3/b20-11-. The van der Waals surface area contributed by atoms with E-state index in [1.54, 1.807) is 13.0 Å². The highest BCUT2D eigenvalue weighted by molar-refractivity contribution is 6.15. The number of nitro benzene ring substituents is 1. The third kappa shape index (κ3) is 4.43. The number of Topliss-reactive ketones (excluding diaryl/α,β-unsaturated/α-hetero) is 1. The lowest BCUT2D eigenvalue weighted by Crippen LogP contribution is -2.10. The summed E-state index contributed by atoms with van der Waals surface area (Å²) in [6, 6.07) is 11.8. The van der Waals surface area contributed by atoms with Gasteiger partial charge in [0.15, 0.2) is 17.3 Å². The molecule has 4 rings (SSSR count). The van der Waals surface area contributed by atoms with Gasteiger partial charge in [-0.15, -0.1) is 0 Å². The van der Waals surface area contributed by atoms with Crippen molar-refractivity contribution in [1.29, 1.82) is 0 Å². The average Bonchev–Trinajstić information content (AvgIpc) is 3.20.